The van der Waals surface area contributed by atoms with Gasteiger partial charge in [0.15, 0.2) is 5.13 Å². The topological polar surface area (TPSA) is 53.4 Å². The molecule has 4 nitrogen and oxygen atoms in total. The van der Waals surface area contributed by atoms with Crippen molar-refractivity contribution < 1.29 is 9.90 Å². The number of anilines is 1. The summed E-state index contributed by atoms with van der Waals surface area (Å²) in [5.74, 6) is -0.802. The summed E-state index contributed by atoms with van der Waals surface area (Å²) in [6, 6.07) is 4.29. The lowest BCUT2D eigenvalue weighted by Gasteiger charge is -2.12. The zero-order chi connectivity index (χ0) is 16.6. The van der Waals surface area contributed by atoms with Gasteiger partial charge in [0.1, 0.15) is 0 Å². The van der Waals surface area contributed by atoms with Crippen LogP contribution in [0.15, 0.2) is 12.1 Å². The molecular weight excluding hydrogens is 308 g/mol. The lowest BCUT2D eigenvalue weighted by Crippen LogP contribution is -2.17. The highest BCUT2D eigenvalue weighted by Crippen LogP contribution is 2.37. The van der Waals surface area contributed by atoms with Crippen LogP contribution in [0.4, 0.5) is 5.13 Å². The van der Waals surface area contributed by atoms with Crippen molar-refractivity contribution in [2.45, 2.75) is 40.0 Å². The van der Waals surface area contributed by atoms with Crippen LogP contribution in [0, 0.1) is 20.8 Å². The maximum Gasteiger partial charge on any atom is 0.308 e. The number of carbonyl (C=O) groups is 1. The van der Waals surface area contributed by atoms with Crippen LogP contribution in [0.25, 0.3) is 11.3 Å². The average Bonchev–Trinajstić information content (AvgIpc) is 3.11. The van der Waals surface area contributed by atoms with E-state index in [2.05, 4.69) is 37.8 Å². The molecule has 122 valence electrons. The number of aryl methyl sites for hydroxylation is 3. The van der Waals surface area contributed by atoms with Crippen LogP contribution in [0.5, 0.6) is 0 Å². The number of aliphatic carboxylic acids is 1. The quantitative estimate of drug-likeness (QED) is 0.922. The molecule has 5 heteroatoms. The summed E-state index contributed by atoms with van der Waals surface area (Å²) in [6.45, 7) is 8.29. The summed E-state index contributed by atoms with van der Waals surface area (Å²) in [5, 5.41) is 10.2. The zero-order valence-electron chi connectivity index (χ0n) is 13.8. The van der Waals surface area contributed by atoms with Gasteiger partial charge in [-0.3, -0.25) is 4.79 Å². The molecule has 3 rings (SSSR count). The first-order valence-corrected chi connectivity index (χ1v) is 8.82. The Hall–Kier alpha value is -1.88. The van der Waals surface area contributed by atoms with Crippen molar-refractivity contribution in [3.8, 4) is 11.3 Å². The van der Waals surface area contributed by atoms with Gasteiger partial charge in [0.2, 0.25) is 0 Å². The SMILES string of the molecule is Cc1cc(C)c(-c2nc(N3CCCC3)sc2CC(=O)O)cc1C. The highest BCUT2D eigenvalue weighted by atomic mass is 32.1. The van der Waals surface area contributed by atoms with Gasteiger partial charge in [-0.1, -0.05) is 6.07 Å². The van der Waals surface area contributed by atoms with Crippen molar-refractivity contribution in [2.24, 2.45) is 0 Å². The molecule has 0 aliphatic carbocycles. The normalized spacial score (nSPS) is 14.5. The molecule has 1 aliphatic rings. The molecule has 2 heterocycles. The standard InChI is InChI=1S/C18H22N2O2S/c1-11-8-13(3)14(9-12(11)2)17-15(10-16(21)22)23-18(19-17)20-6-4-5-7-20/h8-9H,4-7,10H2,1-3H3,(H,21,22). The molecule has 1 aliphatic heterocycles. The van der Waals surface area contributed by atoms with Crippen LogP contribution in [-0.4, -0.2) is 29.1 Å². The Bertz CT molecular complexity index is 746. The third-order valence-corrected chi connectivity index (χ3v) is 5.59. The van der Waals surface area contributed by atoms with Crippen LogP contribution < -0.4 is 4.90 Å². The van der Waals surface area contributed by atoms with E-state index in [1.807, 2.05) is 0 Å². The Labute approximate surface area is 140 Å². The summed E-state index contributed by atoms with van der Waals surface area (Å²) in [6.07, 6.45) is 2.41. The van der Waals surface area contributed by atoms with Crippen molar-refractivity contribution in [1.82, 2.24) is 4.98 Å². The fraction of sp³-hybridized carbons (Fsp3) is 0.444. The molecule has 0 unspecified atom stereocenters. The summed E-state index contributed by atoms with van der Waals surface area (Å²) in [7, 11) is 0. The number of hydrogen-bond donors (Lipinski definition) is 1. The van der Waals surface area contributed by atoms with E-state index in [1.54, 1.807) is 0 Å². The first-order valence-electron chi connectivity index (χ1n) is 8.00. The highest BCUT2D eigenvalue weighted by molar-refractivity contribution is 7.16. The zero-order valence-corrected chi connectivity index (χ0v) is 14.7. The molecule has 1 saturated heterocycles. The van der Waals surface area contributed by atoms with Crippen molar-refractivity contribution >= 4 is 22.4 Å². The van der Waals surface area contributed by atoms with Crippen LogP contribution in [0.2, 0.25) is 0 Å². The molecule has 1 aromatic carbocycles. The smallest absolute Gasteiger partial charge is 0.308 e. The van der Waals surface area contributed by atoms with Crippen molar-refractivity contribution in [1.29, 1.82) is 0 Å². The Morgan fingerprint density at radius 1 is 1.17 bits per heavy atom. The lowest BCUT2D eigenvalue weighted by molar-refractivity contribution is -0.136. The van der Waals surface area contributed by atoms with E-state index < -0.39 is 5.97 Å². The summed E-state index contributed by atoms with van der Waals surface area (Å²) >= 11 is 1.53. The van der Waals surface area contributed by atoms with E-state index in [1.165, 1.54) is 35.3 Å². The molecule has 0 atom stereocenters. The maximum absolute atomic E-state index is 11.3. The number of thiazole rings is 1. The number of hydrogen-bond acceptors (Lipinski definition) is 4. The van der Waals surface area contributed by atoms with E-state index in [0.29, 0.717) is 0 Å². The minimum Gasteiger partial charge on any atom is -0.481 e. The third kappa shape index (κ3) is 3.24. The second-order valence-corrected chi connectivity index (χ2v) is 7.35. The predicted octanol–water partition coefficient (Wildman–Crippen LogP) is 3.96. The van der Waals surface area contributed by atoms with Crippen LogP contribution in [0.1, 0.15) is 34.4 Å². The van der Waals surface area contributed by atoms with Gasteiger partial charge >= 0.3 is 5.97 Å². The van der Waals surface area contributed by atoms with Gasteiger partial charge in [-0.15, -0.1) is 11.3 Å². The predicted molar refractivity (Wildman–Crippen MR) is 94.5 cm³/mol. The number of nitrogens with zero attached hydrogens (tertiary/aromatic N) is 2. The third-order valence-electron chi connectivity index (χ3n) is 4.47. The fourth-order valence-corrected chi connectivity index (χ4v) is 4.18. The number of carboxylic acid groups (broad SMARTS) is 1. The van der Waals surface area contributed by atoms with Crippen LogP contribution >= 0.6 is 11.3 Å². The average molecular weight is 330 g/mol. The molecule has 23 heavy (non-hydrogen) atoms. The number of benzene rings is 1. The molecule has 0 radical (unpaired) electrons. The summed E-state index contributed by atoms with van der Waals surface area (Å²) < 4.78 is 0. The second-order valence-electron chi connectivity index (χ2n) is 6.28. The minimum atomic E-state index is -0.802. The van der Waals surface area contributed by atoms with Crippen molar-refractivity contribution in [3.63, 3.8) is 0 Å². The van der Waals surface area contributed by atoms with Gasteiger partial charge in [-0.05, 0) is 56.4 Å². The second kappa shape index (κ2) is 6.32. The van der Waals surface area contributed by atoms with E-state index in [-0.39, 0.29) is 6.42 Å². The van der Waals surface area contributed by atoms with E-state index in [4.69, 9.17) is 4.98 Å². The van der Waals surface area contributed by atoms with Crippen molar-refractivity contribution in [2.75, 3.05) is 18.0 Å². The molecule has 0 spiro atoms. The van der Waals surface area contributed by atoms with Crippen LogP contribution in [0.3, 0.4) is 0 Å². The largest absolute Gasteiger partial charge is 0.481 e. The molecular formula is C18H22N2O2S. The fourth-order valence-electron chi connectivity index (χ4n) is 3.07. The van der Waals surface area contributed by atoms with Gasteiger partial charge < -0.3 is 10.0 Å². The Balaban J connectivity index is 2.09. The number of carboxylic acids is 1. The highest BCUT2D eigenvalue weighted by Gasteiger charge is 2.22. The molecule has 0 amide bonds. The molecule has 0 bridgehead atoms. The lowest BCUT2D eigenvalue weighted by atomic mass is 9.98. The van der Waals surface area contributed by atoms with Gasteiger partial charge in [-0.25, -0.2) is 4.98 Å². The monoisotopic (exact) mass is 330 g/mol. The number of aromatic nitrogens is 1. The van der Waals surface area contributed by atoms with Crippen molar-refractivity contribution in [3.05, 3.63) is 33.7 Å². The number of rotatable bonds is 4. The van der Waals surface area contributed by atoms with E-state index >= 15 is 0 Å². The Morgan fingerprint density at radius 3 is 2.48 bits per heavy atom. The molecule has 1 fully saturated rings. The first kappa shape index (κ1) is 16.0. The maximum atomic E-state index is 11.3. The van der Waals surface area contributed by atoms with Gasteiger partial charge in [0.05, 0.1) is 12.1 Å². The summed E-state index contributed by atoms with van der Waals surface area (Å²) in [4.78, 5) is 19.2. The van der Waals surface area contributed by atoms with Gasteiger partial charge in [0.25, 0.3) is 0 Å². The minimum absolute atomic E-state index is 0.0349. The Kier molecular flexibility index (Phi) is 4.39. The Morgan fingerprint density at radius 2 is 1.83 bits per heavy atom. The van der Waals surface area contributed by atoms with E-state index in [0.717, 1.165) is 39.9 Å². The molecule has 1 N–H and O–H groups in total. The van der Waals surface area contributed by atoms with Gasteiger partial charge in [-0.2, -0.15) is 0 Å². The van der Waals surface area contributed by atoms with Gasteiger partial charge in [0, 0.05) is 23.5 Å². The summed E-state index contributed by atoms with van der Waals surface area (Å²) in [5.41, 5.74) is 5.52. The first-order chi connectivity index (χ1) is 11.0. The molecule has 0 saturated carbocycles. The molecule has 2 aromatic rings. The van der Waals surface area contributed by atoms with E-state index in [9.17, 15) is 9.90 Å². The van der Waals surface area contributed by atoms with Crippen LogP contribution in [-0.2, 0) is 11.2 Å². The molecule has 1 aromatic heterocycles.